The molecule has 4 atom stereocenters. The van der Waals surface area contributed by atoms with Crippen LogP contribution in [0.2, 0.25) is 0 Å². The summed E-state index contributed by atoms with van der Waals surface area (Å²) >= 11 is 0. The third-order valence-electron chi connectivity index (χ3n) is 3.50. The fourth-order valence-corrected chi connectivity index (χ4v) is 2.20. The predicted molar refractivity (Wildman–Crippen MR) is 76.3 cm³/mol. The normalized spacial score (nSPS) is 28.2. The number of methoxy groups -OCH3 is 1. The van der Waals surface area contributed by atoms with Gasteiger partial charge in [0.1, 0.15) is 24.1 Å². The van der Waals surface area contributed by atoms with Crippen molar-refractivity contribution in [1.29, 1.82) is 0 Å². The summed E-state index contributed by atoms with van der Waals surface area (Å²) in [6, 6.07) is 0. The summed E-state index contributed by atoms with van der Waals surface area (Å²) in [7, 11) is 1.55. The molecule has 1 aliphatic rings. The van der Waals surface area contributed by atoms with E-state index in [1.807, 2.05) is 0 Å². The van der Waals surface area contributed by atoms with Crippen LogP contribution in [0.15, 0.2) is 11.0 Å². The molecular weight excluding hydrogens is 294 g/mol. The smallest absolute Gasteiger partial charge is 0.351 e. The lowest BCUT2D eigenvalue weighted by Gasteiger charge is -2.18. The second kappa shape index (κ2) is 7.16. The molecule has 0 aliphatic carbocycles. The Hall–Kier alpha value is -1.52. The van der Waals surface area contributed by atoms with E-state index >= 15 is 0 Å². The van der Waals surface area contributed by atoms with Crippen molar-refractivity contribution in [3.63, 3.8) is 0 Å². The van der Waals surface area contributed by atoms with E-state index in [-0.39, 0.29) is 12.4 Å². The van der Waals surface area contributed by atoms with Crippen molar-refractivity contribution in [1.82, 2.24) is 9.55 Å². The highest BCUT2D eigenvalue weighted by atomic mass is 16.6. The van der Waals surface area contributed by atoms with E-state index in [0.717, 1.165) is 4.57 Å². The quantitative estimate of drug-likeness (QED) is 0.536. The SMILES string of the molecule is COCCOC[C@H]1O[C@@H](n2cc(C)c(N)nc2=O)[C@H](O)[C@@H]1O. The van der Waals surface area contributed by atoms with Crippen LogP contribution in [0.3, 0.4) is 0 Å². The van der Waals surface area contributed by atoms with Gasteiger partial charge in [0.2, 0.25) is 0 Å². The molecule has 124 valence electrons. The van der Waals surface area contributed by atoms with Crippen LogP contribution < -0.4 is 11.4 Å². The highest BCUT2D eigenvalue weighted by Gasteiger charge is 2.44. The maximum atomic E-state index is 11.9. The van der Waals surface area contributed by atoms with Gasteiger partial charge in [0.05, 0.1) is 19.8 Å². The number of ether oxygens (including phenoxy) is 3. The topological polar surface area (TPSA) is 129 Å². The molecule has 1 saturated heterocycles. The van der Waals surface area contributed by atoms with Crippen LogP contribution >= 0.6 is 0 Å². The molecule has 1 fully saturated rings. The average molecular weight is 315 g/mol. The lowest BCUT2D eigenvalue weighted by molar-refractivity contribution is -0.0724. The minimum absolute atomic E-state index is 0.0776. The van der Waals surface area contributed by atoms with Crippen LogP contribution in [0.5, 0.6) is 0 Å². The lowest BCUT2D eigenvalue weighted by Crippen LogP contribution is -2.36. The molecule has 1 aliphatic heterocycles. The van der Waals surface area contributed by atoms with Gasteiger partial charge < -0.3 is 30.2 Å². The van der Waals surface area contributed by atoms with Crippen LogP contribution in [0.25, 0.3) is 0 Å². The molecule has 2 heterocycles. The van der Waals surface area contributed by atoms with Crippen molar-refractivity contribution in [3.05, 3.63) is 22.2 Å². The van der Waals surface area contributed by atoms with Gasteiger partial charge in [-0.15, -0.1) is 0 Å². The number of aryl methyl sites for hydroxylation is 1. The monoisotopic (exact) mass is 315 g/mol. The molecule has 9 heteroatoms. The zero-order valence-electron chi connectivity index (χ0n) is 12.5. The Morgan fingerprint density at radius 1 is 1.41 bits per heavy atom. The van der Waals surface area contributed by atoms with Gasteiger partial charge in [-0.05, 0) is 6.92 Å². The number of hydrogen-bond donors (Lipinski definition) is 3. The minimum Gasteiger partial charge on any atom is -0.387 e. The van der Waals surface area contributed by atoms with Gasteiger partial charge in [-0.25, -0.2) is 4.79 Å². The van der Waals surface area contributed by atoms with Gasteiger partial charge in [-0.2, -0.15) is 4.98 Å². The van der Waals surface area contributed by atoms with Crippen LogP contribution in [0, 0.1) is 6.92 Å². The van der Waals surface area contributed by atoms with Crippen molar-refractivity contribution >= 4 is 5.82 Å². The number of aliphatic hydroxyl groups excluding tert-OH is 2. The van der Waals surface area contributed by atoms with Crippen molar-refractivity contribution < 1.29 is 24.4 Å². The van der Waals surface area contributed by atoms with Crippen molar-refractivity contribution in [3.8, 4) is 0 Å². The molecule has 0 spiro atoms. The maximum Gasteiger partial charge on any atom is 0.351 e. The number of nitrogen functional groups attached to an aromatic ring is 1. The summed E-state index contributed by atoms with van der Waals surface area (Å²) in [6.45, 7) is 2.51. The third kappa shape index (κ3) is 3.45. The third-order valence-corrected chi connectivity index (χ3v) is 3.50. The Balaban J connectivity index is 2.10. The molecule has 0 unspecified atom stereocenters. The van der Waals surface area contributed by atoms with Gasteiger partial charge in [0.15, 0.2) is 6.23 Å². The first-order valence-corrected chi connectivity index (χ1v) is 6.89. The van der Waals surface area contributed by atoms with E-state index in [0.29, 0.717) is 18.8 Å². The highest BCUT2D eigenvalue weighted by molar-refractivity contribution is 5.35. The molecule has 0 saturated carbocycles. The molecule has 4 N–H and O–H groups in total. The van der Waals surface area contributed by atoms with Gasteiger partial charge >= 0.3 is 5.69 Å². The molecule has 0 aromatic carbocycles. The van der Waals surface area contributed by atoms with E-state index in [1.165, 1.54) is 6.20 Å². The van der Waals surface area contributed by atoms with Gasteiger partial charge in [0.25, 0.3) is 0 Å². The van der Waals surface area contributed by atoms with E-state index in [1.54, 1.807) is 14.0 Å². The highest BCUT2D eigenvalue weighted by Crippen LogP contribution is 2.28. The van der Waals surface area contributed by atoms with E-state index < -0.39 is 30.2 Å². The van der Waals surface area contributed by atoms with Crippen molar-refractivity contribution in [2.24, 2.45) is 0 Å². The zero-order chi connectivity index (χ0) is 16.3. The molecule has 0 bridgehead atoms. The van der Waals surface area contributed by atoms with Crippen LogP contribution in [0.1, 0.15) is 11.8 Å². The molecule has 0 amide bonds. The summed E-state index contributed by atoms with van der Waals surface area (Å²) in [5, 5.41) is 20.1. The average Bonchev–Trinajstić information content (AvgIpc) is 2.76. The molecular formula is C13H21N3O6. The van der Waals surface area contributed by atoms with Gasteiger partial charge in [-0.3, -0.25) is 4.57 Å². The number of aliphatic hydroxyl groups is 2. The second-order valence-corrected chi connectivity index (χ2v) is 5.11. The van der Waals surface area contributed by atoms with E-state index in [4.69, 9.17) is 19.9 Å². The number of hydrogen-bond acceptors (Lipinski definition) is 8. The Morgan fingerprint density at radius 3 is 2.82 bits per heavy atom. The summed E-state index contributed by atoms with van der Waals surface area (Å²) in [6.07, 6.45) is -2.78. The Morgan fingerprint density at radius 2 is 2.14 bits per heavy atom. The van der Waals surface area contributed by atoms with Gasteiger partial charge in [-0.1, -0.05) is 0 Å². The van der Waals surface area contributed by atoms with E-state index in [9.17, 15) is 15.0 Å². The summed E-state index contributed by atoms with van der Waals surface area (Å²) in [5.74, 6) is 0.119. The van der Waals surface area contributed by atoms with Crippen molar-refractivity contribution in [2.75, 3.05) is 32.7 Å². The first-order chi connectivity index (χ1) is 10.5. The zero-order valence-corrected chi connectivity index (χ0v) is 12.5. The largest absolute Gasteiger partial charge is 0.387 e. The molecule has 1 aromatic heterocycles. The standard InChI is InChI=1S/C13H21N3O6/c1-7-5-16(13(19)15-11(7)14)12-10(18)9(17)8(22-12)6-21-4-3-20-2/h5,8-10,12,17-18H,3-4,6H2,1-2H3,(H2,14,15,19)/t8-,9-,10-,12-/m1/s1. The number of nitrogens with zero attached hydrogens (tertiary/aromatic N) is 2. The predicted octanol–water partition coefficient (Wildman–Crippen LogP) is -1.58. The number of aromatic nitrogens is 2. The molecule has 2 rings (SSSR count). The summed E-state index contributed by atoms with van der Waals surface area (Å²) in [5.41, 5.74) is 5.48. The first kappa shape index (κ1) is 16.8. The maximum absolute atomic E-state index is 11.9. The Kier molecular flexibility index (Phi) is 5.48. The van der Waals surface area contributed by atoms with Crippen molar-refractivity contribution in [2.45, 2.75) is 31.5 Å². The fraction of sp³-hybridized carbons (Fsp3) is 0.692. The number of anilines is 1. The summed E-state index contributed by atoms with van der Waals surface area (Å²) in [4.78, 5) is 15.5. The van der Waals surface area contributed by atoms with Crippen LogP contribution in [-0.4, -0.2) is 65.0 Å². The molecule has 1 aromatic rings. The Labute approximate surface area is 127 Å². The van der Waals surface area contributed by atoms with Crippen LogP contribution in [-0.2, 0) is 14.2 Å². The second-order valence-electron chi connectivity index (χ2n) is 5.11. The lowest BCUT2D eigenvalue weighted by atomic mass is 10.1. The number of rotatable bonds is 6. The molecule has 9 nitrogen and oxygen atoms in total. The first-order valence-electron chi connectivity index (χ1n) is 6.89. The minimum atomic E-state index is -1.27. The summed E-state index contributed by atoms with van der Waals surface area (Å²) < 4.78 is 16.8. The van der Waals surface area contributed by atoms with E-state index in [2.05, 4.69) is 4.98 Å². The fourth-order valence-electron chi connectivity index (χ4n) is 2.20. The molecule has 0 radical (unpaired) electrons. The molecule has 22 heavy (non-hydrogen) atoms. The van der Waals surface area contributed by atoms with Gasteiger partial charge in [0, 0.05) is 18.9 Å². The van der Waals surface area contributed by atoms with Crippen LogP contribution in [0.4, 0.5) is 5.82 Å². The number of nitrogens with two attached hydrogens (primary N) is 1. The Bertz CT molecular complexity index is 563.